The van der Waals surface area contributed by atoms with Crippen molar-refractivity contribution in [3.05, 3.63) is 105 Å². The lowest BCUT2D eigenvalue weighted by molar-refractivity contribution is -0.384. The number of hydrogen-bond acceptors (Lipinski definition) is 4. The summed E-state index contributed by atoms with van der Waals surface area (Å²) in [5.74, 6) is -0.192. The summed E-state index contributed by atoms with van der Waals surface area (Å²) >= 11 is 0. The van der Waals surface area contributed by atoms with E-state index in [1.807, 2.05) is 30.3 Å². The second kappa shape index (κ2) is 9.65. The van der Waals surface area contributed by atoms with Crippen molar-refractivity contribution in [3.63, 3.8) is 0 Å². The average Bonchev–Trinajstić information content (AvgIpc) is 2.76. The van der Waals surface area contributed by atoms with Gasteiger partial charge in [0, 0.05) is 36.6 Å². The number of nitro groups is 1. The van der Waals surface area contributed by atoms with Crippen molar-refractivity contribution in [2.45, 2.75) is 26.3 Å². The molecule has 0 spiro atoms. The van der Waals surface area contributed by atoms with Crippen LogP contribution in [0.15, 0.2) is 77.7 Å². The Morgan fingerprint density at radius 1 is 1.07 bits per heavy atom. The molecule has 3 rings (SSSR count). The van der Waals surface area contributed by atoms with Crippen molar-refractivity contribution >= 4 is 17.3 Å². The van der Waals surface area contributed by atoms with Gasteiger partial charge in [-0.15, -0.1) is 0 Å². The first-order valence-electron chi connectivity index (χ1n) is 9.80. The zero-order valence-electron chi connectivity index (χ0n) is 16.7. The maximum absolute atomic E-state index is 13.2. The number of benzene rings is 2. The lowest BCUT2D eigenvalue weighted by Crippen LogP contribution is -2.33. The van der Waals surface area contributed by atoms with Gasteiger partial charge in [-0.3, -0.25) is 19.7 Å². The van der Waals surface area contributed by atoms with Crippen LogP contribution in [0, 0.1) is 10.1 Å². The molecule has 0 radical (unpaired) electrons. The number of anilines is 1. The Bertz CT molecular complexity index is 1090. The standard InChI is InChI=1S/C23H23N3O4/c1-2-3-14-25(20-9-5-4-6-10-20)23(28)19-12-13-22(27)24(17-19)16-18-8-7-11-21(15-18)26(29)30/h4-13,15,17H,2-3,14,16H2,1H3. The molecule has 0 aliphatic carbocycles. The number of non-ortho nitro benzene ring substituents is 1. The van der Waals surface area contributed by atoms with Gasteiger partial charge in [0.2, 0.25) is 0 Å². The van der Waals surface area contributed by atoms with Crippen LogP contribution in [0.2, 0.25) is 0 Å². The van der Waals surface area contributed by atoms with Gasteiger partial charge in [-0.05, 0) is 30.2 Å². The topological polar surface area (TPSA) is 85.5 Å². The predicted molar refractivity (Wildman–Crippen MR) is 116 cm³/mol. The number of amides is 1. The van der Waals surface area contributed by atoms with Crippen LogP contribution in [0.25, 0.3) is 0 Å². The minimum Gasteiger partial charge on any atom is -0.310 e. The molecule has 1 heterocycles. The molecule has 154 valence electrons. The van der Waals surface area contributed by atoms with Gasteiger partial charge >= 0.3 is 0 Å². The summed E-state index contributed by atoms with van der Waals surface area (Å²) in [5.41, 5.74) is 1.48. The Kier molecular flexibility index (Phi) is 6.75. The number of aromatic nitrogens is 1. The molecule has 0 bridgehead atoms. The Labute approximate surface area is 174 Å². The average molecular weight is 405 g/mol. The van der Waals surface area contributed by atoms with E-state index in [1.165, 1.54) is 35.0 Å². The maximum atomic E-state index is 13.2. The van der Waals surface area contributed by atoms with E-state index in [4.69, 9.17) is 0 Å². The fourth-order valence-corrected chi connectivity index (χ4v) is 3.17. The Morgan fingerprint density at radius 2 is 1.83 bits per heavy atom. The number of nitrogens with zero attached hydrogens (tertiary/aromatic N) is 3. The highest BCUT2D eigenvalue weighted by Crippen LogP contribution is 2.18. The van der Waals surface area contributed by atoms with Crippen LogP contribution in [0.5, 0.6) is 0 Å². The van der Waals surface area contributed by atoms with Crippen molar-refractivity contribution < 1.29 is 9.72 Å². The van der Waals surface area contributed by atoms with Gasteiger partial charge in [0.1, 0.15) is 0 Å². The summed E-state index contributed by atoms with van der Waals surface area (Å²) in [4.78, 5) is 37.8. The van der Waals surface area contributed by atoms with Crippen LogP contribution in [0.4, 0.5) is 11.4 Å². The molecular weight excluding hydrogens is 382 g/mol. The van der Waals surface area contributed by atoms with Gasteiger partial charge in [-0.2, -0.15) is 0 Å². The molecular formula is C23H23N3O4. The Hall–Kier alpha value is -3.74. The normalized spacial score (nSPS) is 10.6. The second-order valence-corrected chi connectivity index (χ2v) is 6.96. The van der Waals surface area contributed by atoms with Crippen LogP contribution in [-0.4, -0.2) is 21.9 Å². The number of para-hydroxylation sites is 1. The van der Waals surface area contributed by atoms with E-state index in [0.29, 0.717) is 17.7 Å². The van der Waals surface area contributed by atoms with Crippen molar-refractivity contribution in [2.75, 3.05) is 11.4 Å². The smallest absolute Gasteiger partial charge is 0.269 e. The fraction of sp³-hybridized carbons (Fsp3) is 0.217. The van der Waals surface area contributed by atoms with E-state index in [1.54, 1.807) is 17.0 Å². The fourth-order valence-electron chi connectivity index (χ4n) is 3.17. The molecule has 7 nitrogen and oxygen atoms in total. The largest absolute Gasteiger partial charge is 0.310 e. The lowest BCUT2D eigenvalue weighted by Gasteiger charge is -2.23. The third-order valence-electron chi connectivity index (χ3n) is 4.75. The highest BCUT2D eigenvalue weighted by molar-refractivity contribution is 6.05. The molecule has 7 heteroatoms. The van der Waals surface area contributed by atoms with Crippen molar-refractivity contribution in [1.29, 1.82) is 0 Å². The number of hydrogen-bond donors (Lipinski definition) is 0. The maximum Gasteiger partial charge on any atom is 0.269 e. The van der Waals surface area contributed by atoms with Crippen molar-refractivity contribution in [1.82, 2.24) is 4.57 Å². The lowest BCUT2D eigenvalue weighted by atomic mass is 10.1. The number of carbonyl (C=O) groups excluding carboxylic acids is 1. The van der Waals surface area contributed by atoms with Gasteiger partial charge in [0.25, 0.3) is 17.2 Å². The third-order valence-corrected chi connectivity index (χ3v) is 4.75. The van der Waals surface area contributed by atoms with Gasteiger partial charge in [0.15, 0.2) is 0 Å². The third kappa shape index (κ3) is 5.00. The van der Waals surface area contributed by atoms with Crippen molar-refractivity contribution in [2.24, 2.45) is 0 Å². The first-order valence-corrected chi connectivity index (χ1v) is 9.80. The Balaban J connectivity index is 1.91. The molecule has 1 amide bonds. The first kappa shape index (κ1) is 21.0. The van der Waals surface area contributed by atoms with Gasteiger partial charge < -0.3 is 9.47 Å². The molecule has 0 saturated heterocycles. The summed E-state index contributed by atoms with van der Waals surface area (Å²) in [7, 11) is 0. The van der Waals surface area contributed by atoms with Crippen LogP contribution >= 0.6 is 0 Å². The summed E-state index contributed by atoms with van der Waals surface area (Å²) in [6.45, 7) is 2.78. The van der Waals surface area contributed by atoms with Crippen LogP contribution in [-0.2, 0) is 6.54 Å². The summed E-state index contributed by atoms with van der Waals surface area (Å²) in [6.07, 6.45) is 3.32. The molecule has 1 aromatic heterocycles. The molecule has 0 N–H and O–H groups in total. The summed E-state index contributed by atoms with van der Waals surface area (Å²) in [6, 6.07) is 18.4. The van der Waals surface area contributed by atoms with Crippen LogP contribution < -0.4 is 10.5 Å². The van der Waals surface area contributed by atoms with Gasteiger partial charge in [-0.25, -0.2) is 0 Å². The quantitative estimate of drug-likeness (QED) is 0.414. The van der Waals surface area contributed by atoms with Gasteiger partial charge in [0.05, 0.1) is 17.0 Å². The van der Waals surface area contributed by atoms with E-state index in [0.717, 1.165) is 18.5 Å². The zero-order chi connectivity index (χ0) is 21.5. The Morgan fingerprint density at radius 3 is 2.53 bits per heavy atom. The predicted octanol–water partition coefficient (Wildman–Crippen LogP) is 4.25. The van der Waals surface area contributed by atoms with E-state index in [-0.39, 0.29) is 23.7 Å². The first-order chi connectivity index (χ1) is 14.5. The molecule has 0 unspecified atom stereocenters. The molecule has 3 aromatic rings. The molecule has 30 heavy (non-hydrogen) atoms. The minimum absolute atomic E-state index is 0.0393. The van der Waals surface area contributed by atoms with E-state index < -0.39 is 4.92 Å². The summed E-state index contributed by atoms with van der Waals surface area (Å²) in [5, 5.41) is 11.0. The SMILES string of the molecule is CCCCN(C(=O)c1ccc(=O)n(Cc2cccc([N+](=O)[O-])c2)c1)c1ccccc1. The van der Waals surface area contributed by atoms with Crippen molar-refractivity contribution in [3.8, 4) is 0 Å². The molecule has 0 aliphatic heterocycles. The molecule has 2 aromatic carbocycles. The highest BCUT2D eigenvalue weighted by atomic mass is 16.6. The number of unbranched alkanes of at least 4 members (excludes halogenated alkanes) is 1. The van der Waals surface area contributed by atoms with E-state index >= 15 is 0 Å². The number of nitro benzene ring substituents is 1. The molecule has 0 fully saturated rings. The minimum atomic E-state index is -0.475. The second-order valence-electron chi connectivity index (χ2n) is 6.96. The number of carbonyl (C=O) groups is 1. The molecule has 0 atom stereocenters. The van der Waals surface area contributed by atoms with E-state index in [2.05, 4.69) is 6.92 Å². The van der Waals surface area contributed by atoms with E-state index in [9.17, 15) is 19.7 Å². The number of pyridine rings is 1. The van der Waals surface area contributed by atoms with Crippen LogP contribution in [0.1, 0.15) is 35.7 Å². The molecule has 0 saturated carbocycles. The van der Waals surface area contributed by atoms with Crippen LogP contribution in [0.3, 0.4) is 0 Å². The highest BCUT2D eigenvalue weighted by Gasteiger charge is 2.18. The monoisotopic (exact) mass is 405 g/mol. The summed E-state index contributed by atoms with van der Waals surface area (Å²) < 4.78 is 1.40. The zero-order valence-corrected chi connectivity index (χ0v) is 16.7. The molecule has 0 aliphatic rings. The van der Waals surface area contributed by atoms with Gasteiger partial charge in [-0.1, -0.05) is 43.7 Å². The number of rotatable bonds is 8.